The van der Waals surface area contributed by atoms with Gasteiger partial charge in [-0.05, 0) is 18.8 Å². The number of rotatable bonds is 4. The molecule has 0 unspecified atom stereocenters. The Labute approximate surface area is 130 Å². The summed E-state index contributed by atoms with van der Waals surface area (Å²) >= 11 is 0. The summed E-state index contributed by atoms with van der Waals surface area (Å²) < 4.78 is 6.93. The maximum absolute atomic E-state index is 12.5. The van der Waals surface area contributed by atoms with Crippen molar-refractivity contribution in [2.75, 3.05) is 33.8 Å². The molecule has 1 aromatic rings. The average Bonchev–Trinajstić information content (AvgIpc) is 2.85. The summed E-state index contributed by atoms with van der Waals surface area (Å²) in [4.78, 5) is 27.3. The van der Waals surface area contributed by atoms with Crippen LogP contribution in [0.5, 0.6) is 5.88 Å². The van der Waals surface area contributed by atoms with Gasteiger partial charge < -0.3 is 14.5 Å². The van der Waals surface area contributed by atoms with Crippen molar-refractivity contribution in [2.45, 2.75) is 19.8 Å². The number of carbonyl (C=O) groups is 2. The zero-order chi connectivity index (χ0) is 16.3. The van der Waals surface area contributed by atoms with Crippen LogP contribution in [0, 0.1) is 5.92 Å². The molecule has 0 aliphatic carbocycles. The third kappa shape index (κ3) is 3.78. The van der Waals surface area contributed by atoms with Gasteiger partial charge in [0.1, 0.15) is 0 Å². The average molecular weight is 308 g/mol. The van der Waals surface area contributed by atoms with Crippen molar-refractivity contribution in [1.82, 2.24) is 19.6 Å². The first kappa shape index (κ1) is 16.3. The molecule has 2 amide bonds. The van der Waals surface area contributed by atoms with Crippen LogP contribution >= 0.6 is 0 Å². The molecule has 1 aliphatic rings. The van der Waals surface area contributed by atoms with E-state index in [1.54, 1.807) is 27.2 Å². The Bertz CT molecular complexity index is 553. The molecule has 22 heavy (non-hydrogen) atoms. The first-order chi connectivity index (χ1) is 10.4. The van der Waals surface area contributed by atoms with Gasteiger partial charge in [0.05, 0.1) is 0 Å². The minimum Gasteiger partial charge on any atom is -0.468 e. The van der Waals surface area contributed by atoms with Crippen molar-refractivity contribution in [2.24, 2.45) is 13.0 Å². The molecule has 1 saturated heterocycles. The molecule has 7 nitrogen and oxygen atoms in total. The van der Waals surface area contributed by atoms with Crippen LogP contribution in [0.15, 0.2) is 6.07 Å². The molecule has 0 N–H and O–H groups in total. The molecule has 122 valence electrons. The molecule has 0 bridgehead atoms. The number of likely N-dealkylation sites (tertiary alicyclic amines) is 1. The Morgan fingerprint density at radius 3 is 2.82 bits per heavy atom. The molecule has 1 aliphatic heterocycles. The molecule has 1 aromatic heterocycles. The van der Waals surface area contributed by atoms with E-state index in [-0.39, 0.29) is 18.4 Å². The first-order valence-corrected chi connectivity index (χ1v) is 7.54. The summed E-state index contributed by atoms with van der Waals surface area (Å²) in [6.07, 6.45) is 2.19. The summed E-state index contributed by atoms with van der Waals surface area (Å²) in [5.74, 6) is 0.730. The predicted octanol–water partition coefficient (Wildman–Crippen LogP) is 0.759. The number of hydrogen-bond donors (Lipinski definition) is 0. The van der Waals surface area contributed by atoms with Crippen LogP contribution in [0.1, 0.15) is 30.3 Å². The van der Waals surface area contributed by atoms with Gasteiger partial charge in [0.15, 0.2) is 12.3 Å². The maximum Gasteiger partial charge on any atom is 0.274 e. The monoisotopic (exact) mass is 308 g/mol. The Kier molecular flexibility index (Phi) is 5.05. The molecule has 2 rings (SSSR count). The smallest absolute Gasteiger partial charge is 0.274 e. The lowest BCUT2D eigenvalue weighted by molar-refractivity contribution is -0.130. The molecule has 1 fully saturated rings. The molecule has 0 spiro atoms. The molecule has 2 heterocycles. The van der Waals surface area contributed by atoms with Gasteiger partial charge >= 0.3 is 0 Å². The predicted molar refractivity (Wildman–Crippen MR) is 81.7 cm³/mol. The topological polar surface area (TPSA) is 67.7 Å². The van der Waals surface area contributed by atoms with Crippen LogP contribution in [-0.2, 0) is 11.8 Å². The number of nitrogens with zero attached hydrogens (tertiary/aromatic N) is 4. The second-order valence-corrected chi connectivity index (χ2v) is 6.07. The molecule has 0 saturated carbocycles. The fraction of sp³-hybridized carbons (Fsp3) is 0.667. The molecule has 1 atom stereocenters. The lowest BCUT2D eigenvalue weighted by atomic mass is 10.0. The molecular formula is C15H24N4O3. The van der Waals surface area contributed by atoms with Gasteiger partial charge in [-0.2, -0.15) is 5.10 Å². The van der Waals surface area contributed by atoms with Crippen molar-refractivity contribution in [3.8, 4) is 5.88 Å². The highest BCUT2D eigenvalue weighted by Crippen LogP contribution is 2.19. The molecular weight excluding hydrogens is 284 g/mol. The highest BCUT2D eigenvalue weighted by Gasteiger charge is 2.24. The first-order valence-electron chi connectivity index (χ1n) is 7.54. The van der Waals surface area contributed by atoms with Gasteiger partial charge in [-0.1, -0.05) is 6.92 Å². The van der Waals surface area contributed by atoms with Crippen molar-refractivity contribution in [3.05, 3.63) is 11.8 Å². The summed E-state index contributed by atoms with van der Waals surface area (Å²) in [6.45, 7) is 3.62. The fourth-order valence-electron chi connectivity index (χ4n) is 2.49. The van der Waals surface area contributed by atoms with Crippen LogP contribution in [-0.4, -0.2) is 65.2 Å². The zero-order valence-electron chi connectivity index (χ0n) is 13.7. The lowest BCUT2D eigenvalue weighted by Gasteiger charge is -2.30. The van der Waals surface area contributed by atoms with Crippen molar-refractivity contribution in [3.63, 3.8) is 0 Å². The van der Waals surface area contributed by atoms with Gasteiger partial charge in [0.25, 0.3) is 11.8 Å². The molecule has 0 radical (unpaired) electrons. The van der Waals surface area contributed by atoms with Gasteiger partial charge in [-0.25, -0.2) is 4.68 Å². The Balaban J connectivity index is 2.02. The minimum atomic E-state index is -0.140. The number of carbonyl (C=O) groups excluding carboxylic acids is 2. The van der Waals surface area contributed by atoms with E-state index in [1.165, 1.54) is 9.58 Å². The number of ether oxygens (including phenoxy) is 1. The second kappa shape index (κ2) is 6.81. The second-order valence-electron chi connectivity index (χ2n) is 6.07. The normalized spacial score (nSPS) is 18.2. The van der Waals surface area contributed by atoms with Crippen molar-refractivity contribution < 1.29 is 14.3 Å². The van der Waals surface area contributed by atoms with Gasteiger partial charge in [-0.15, -0.1) is 0 Å². The van der Waals surface area contributed by atoms with Crippen molar-refractivity contribution >= 4 is 11.8 Å². The minimum absolute atomic E-state index is 0.0685. The van der Waals surface area contributed by atoms with E-state index in [4.69, 9.17) is 4.74 Å². The number of aryl methyl sites for hydroxylation is 1. The zero-order valence-corrected chi connectivity index (χ0v) is 13.7. The number of amides is 2. The maximum atomic E-state index is 12.5. The third-order valence-corrected chi connectivity index (χ3v) is 3.84. The SMILES string of the molecule is C[C@@H]1CCCN(C(=O)c2cc(OCC(=O)N(C)C)n(C)n2)C1. The highest BCUT2D eigenvalue weighted by atomic mass is 16.5. The standard InChI is InChI=1S/C15H24N4O3/c1-11-6-5-7-19(9-11)15(21)12-8-14(18(4)16-12)22-10-13(20)17(2)3/h8,11H,5-7,9-10H2,1-4H3/t11-/m1/s1. The quantitative estimate of drug-likeness (QED) is 0.823. The summed E-state index contributed by atoms with van der Waals surface area (Å²) in [5.41, 5.74) is 0.365. The van der Waals surface area contributed by atoms with Crippen LogP contribution in [0.3, 0.4) is 0 Å². The molecule has 0 aromatic carbocycles. The van der Waals surface area contributed by atoms with Gasteiger partial charge in [0.2, 0.25) is 5.88 Å². The van der Waals surface area contributed by atoms with E-state index in [0.717, 1.165) is 25.9 Å². The van der Waals surface area contributed by atoms with Crippen LogP contribution in [0.2, 0.25) is 0 Å². The van der Waals surface area contributed by atoms with E-state index in [1.807, 2.05) is 4.90 Å². The van der Waals surface area contributed by atoms with Crippen LogP contribution < -0.4 is 4.74 Å². The highest BCUT2D eigenvalue weighted by molar-refractivity contribution is 5.92. The van der Waals surface area contributed by atoms with E-state index >= 15 is 0 Å². The summed E-state index contributed by atoms with van der Waals surface area (Å²) in [5, 5.41) is 4.21. The Hall–Kier alpha value is -2.05. The van der Waals surface area contributed by atoms with E-state index in [0.29, 0.717) is 17.5 Å². The Morgan fingerprint density at radius 2 is 2.18 bits per heavy atom. The van der Waals surface area contributed by atoms with E-state index < -0.39 is 0 Å². The van der Waals surface area contributed by atoms with Crippen LogP contribution in [0.4, 0.5) is 0 Å². The number of likely N-dealkylation sites (N-methyl/N-ethyl adjacent to an activating group) is 1. The molecule has 7 heteroatoms. The largest absolute Gasteiger partial charge is 0.468 e. The van der Waals surface area contributed by atoms with E-state index in [9.17, 15) is 9.59 Å². The number of piperidine rings is 1. The third-order valence-electron chi connectivity index (χ3n) is 3.84. The van der Waals surface area contributed by atoms with Gasteiger partial charge in [0, 0.05) is 40.3 Å². The van der Waals surface area contributed by atoms with E-state index in [2.05, 4.69) is 12.0 Å². The van der Waals surface area contributed by atoms with Crippen LogP contribution in [0.25, 0.3) is 0 Å². The Morgan fingerprint density at radius 1 is 1.45 bits per heavy atom. The fourth-order valence-corrected chi connectivity index (χ4v) is 2.49. The van der Waals surface area contributed by atoms with Gasteiger partial charge in [-0.3, -0.25) is 9.59 Å². The summed E-state index contributed by atoms with van der Waals surface area (Å²) in [7, 11) is 5.04. The summed E-state index contributed by atoms with van der Waals surface area (Å²) in [6, 6.07) is 1.60. The number of hydrogen-bond acceptors (Lipinski definition) is 4. The lowest BCUT2D eigenvalue weighted by Crippen LogP contribution is -2.39. The van der Waals surface area contributed by atoms with Crippen molar-refractivity contribution in [1.29, 1.82) is 0 Å². The number of aromatic nitrogens is 2.